The number of nitrogens with two attached hydrogens (primary N) is 1. The van der Waals surface area contributed by atoms with Crippen LogP contribution in [0.15, 0.2) is 30.3 Å². The molecule has 6 heteroatoms. The average molecular weight is 323 g/mol. The Balaban J connectivity index is 1.89. The van der Waals surface area contributed by atoms with Gasteiger partial charge in [-0.05, 0) is 30.0 Å². The van der Waals surface area contributed by atoms with Crippen LogP contribution < -0.4 is 16.2 Å². The van der Waals surface area contributed by atoms with Crippen LogP contribution in [-0.2, 0) is 12.8 Å². The number of hydrazine groups is 1. The average Bonchev–Trinajstić information content (AvgIpc) is 2.70. The van der Waals surface area contributed by atoms with Gasteiger partial charge in [-0.3, -0.25) is 0 Å². The summed E-state index contributed by atoms with van der Waals surface area (Å²) < 4.78 is 0. The SMILES string of the molecule is NNc1nc(N2CCc3ccccc3CC2)c(Cl)cc1Cl. The van der Waals surface area contributed by atoms with Crippen molar-refractivity contribution in [2.45, 2.75) is 12.8 Å². The Hall–Kier alpha value is -1.49. The van der Waals surface area contributed by atoms with Crippen LogP contribution in [0.25, 0.3) is 0 Å². The molecule has 3 N–H and O–H groups in total. The fourth-order valence-electron chi connectivity index (χ4n) is 2.66. The summed E-state index contributed by atoms with van der Waals surface area (Å²) in [7, 11) is 0. The fourth-order valence-corrected chi connectivity index (χ4v) is 3.19. The molecule has 0 saturated heterocycles. The van der Waals surface area contributed by atoms with Gasteiger partial charge < -0.3 is 10.3 Å². The van der Waals surface area contributed by atoms with Crippen molar-refractivity contribution in [2.75, 3.05) is 23.4 Å². The number of nitrogens with zero attached hydrogens (tertiary/aromatic N) is 2. The van der Waals surface area contributed by atoms with Gasteiger partial charge in [0.05, 0.1) is 10.0 Å². The Morgan fingerprint density at radius 1 is 1.05 bits per heavy atom. The van der Waals surface area contributed by atoms with Crippen molar-refractivity contribution >= 4 is 34.8 Å². The molecular weight excluding hydrogens is 307 g/mol. The van der Waals surface area contributed by atoms with Gasteiger partial charge in [-0.15, -0.1) is 0 Å². The quantitative estimate of drug-likeness (QED) is 0.658. The van der Waals surface area contributed by atoms with Crippen LogP contribution in [0.1, 0.15) is 11.1 Å². The van der Waals surface area contributed by atoms with Crippen molar-refractivity contribution in [3.63, 3.8) is 0 Å². The zero-order chi connectivity index (χ0) is 14.8. The third-order valence-corrected chi connectivity index (χ3v) is 4.33. The van der Waals surface area contributed by atoms with Gasteiger partial charge in [-0.1, -0.05) is 47.5 Å². The van der Waals surface area contributed by atoms with Crippen molar-refractivity contribution in [1.29, 1.82) is 0 Å². The minimum absolute atomic E-state index is 0.421. The van der Waals surface area contributed by atoms with Gasteiger partial charge in [0.1, 0.15) is 5.82 Å². The third kappa shape index (κ3) is 2.93. The van der Waals surface area contributed by atoms with Gasteiger partial charge in [0.2, 0.25) is 0 Å². The number of halogens is 2. The molecule has 0 amide bonds. The van der Waals surface area contributed by atoms with E-state index in [4.69, 9.17) is 29.0 Å². The van der Waals surface area contributed by atoms with E-state index < -0.39 is 0 Å². The van der Waals surface area contributed by atoms with E-state index in [-0.39, 0.29) is 0 Å². The number of nitrogen functional groups attached to an aromatic ring is 1. The zero-order valence-corrected chi connectivity index (χ0v) is 13.0. The van der Waals surface area contributed by atoms with Gasteiger partial charge in [-0.25, -0.2) is 10.8 Å². The molecule has 1 aromatic carbocycles. The standard InChI is InChI=1S/C15H16Cl2N4/c16-12-9-13(17)15(19-14(12)20-18)21-7-5-10-3-1-2-4-11(10)6-8-21/h1-4,9H,5-8,18H2,(H,19,20). The van der Waals surface area contributed by atoms with E-state index in [1.807, 2.05) is 0 Å². The fraction of sp³-hybridized carbons (Fsp3) is 0.267. The molecule has 3 rings (SSSR count). The lowest BCUT2D eigenvalue weighted by Gasteiger charge is -2.23. The number of benzene rings is 1. The van der Waals surface area contributed by atoms with Crippen molar-refractivity contribution in [3.8, 4) is 0 Å². The number of anilines is 2. The Kier molecular flexibility index (Phi) is 4.19. The van der Waals surface area contributed by atoms with Gasteiger partial charge in [0, 0.05) is 13.1 Å². The first-order valence-electron chi connectivity index (χ1n) is 6.83. The molecule has 2 aromatic rings. The van der Waals surface area contributed by atoms with E-state index in [0.717, 1.165) is 31.7 Å². The van der Waals surface area contributed by atoms with Crippen LogP contribution in [0, 0.1) is 0 Å². The van der Waals surface area contributed by atoms with Crippen molar-refractivity contribution in [2.24, 2.45) is 5.84 Å². The number of pyridine rings is 1. The normalized spacial score (nSPS) is 14.5. The molecule has 2 heterocycles. The smallest absolute Gasteiger partial charge is 0.161 e. The molecule has 0 radical (unpaired) electrons. The molecule has 1 aliphatic rings. The summed E-state index contributed by atoms with van der Waals surface area (Å²) in [6, 6.07) is 10.2. The Bertz CT molecular complexity index is 633. The highest BCUT2D eigenvalue weighted by Gasteiger charge is 2.18. The number of aromatic nitrogens is 1. The topological polar surface area (TPSA) is 54.2 Å². The van der Waals surface area contributed by atoms with Crippen LogP contribution >= 0.6 is 23.2 Å². The second-order valence-corrected chi connectivity index (χ2v) is 5.84. The minimum Gasteiger partial charge on any atom is -0.355 e. The van der Waals surface area contributed by atoms with Crippen LogP contribution in [0.4, 0.5) is 11.6 Å². The molecule has 0 fully saturated rings. The molecule has 0 unspecified atom stereocenters. The molecule has 4 nitrogen and oxygen atoms in total. The van der Waals surface area contributed by atoms with E-state index in [1.165, 1.54) is 11.1 Å². The van der Waals surface area contributed by atoms with Crippen molar-refractivity contribution in [1.82, 2.24) is 4.98 Å². The highest BCUT2D eigenvalue weighted by atomic mass is 35.5. The van der Waals surface area contributed by atoms with Gasteiger partial charge >= 0.3 is 0 Å². The number of fused-ring (bicyclic) bond motifs is 1. The lowest BCUT2D eigenvalue weighted by molar-refractivity contribution is 0.791. The number of hydrogen-bond donors (Lipinski definition) is 2. The number of rotatable bonds is 2. The molecule has 0 saturated carbocycles. The molecule has 110 valence electrons. The maximum atomic E-state index is 6.30. The second kappa shape index (κ2) is 6.10. The Labute approximate surface area is 133 Å². The maximum absolute atomic E-state index is 6.30. The molecule has 0 bridgehead atoms. The van der Waals surface area contributed by atoms with E-state index >= 15 is 0 Å². The summed E-state index contributed by atoms with van der Waals surface area (Å²) >= 11 is 12.3. The number of hydrogen-bond acceptors (Lipinski definition) is 4. The summed E-state index contributed by atoms with van der Waals surface area (Å²) in [5.41, 5.74) is 5.29. The first kappa shape index (κ1) is 14.4. The van der Waals surface area contributed by atoms with Gasteiger partial charge in [0.25, 0.3) is 0 Å². The molecule has 21 heavy (non-hydrogen) atoms. The van der Waals surface area contributed by atoms with Crippen molar-refractivity contribution < 1.29 is 0 Å². The van der Waals surface area contributed by atoms with Crippen LogP contribution in [0.5, 0.6) is 0 Å². The predicted molar refractivity (Wildman–Crippen MR) is 88.1 cm³/mol. The van der Waals surface area contributed by atoms with Crippen LogP contribution in [0.2, 0.25) is 10.0 Å². The van der Waals surface area contributed by atoms with E-state index in [9.17, 15) is 0 Å². The van der Waals surface area contributed by atoms with Gasteiger partial charge in [0.15, 0.2) is 5.82 Å². The van der Waals surface area contributed by atoms with Crippen LogP contribution in [0.3, 0.4) is 0 Å². The maximum Gasteiger partial charge on any atom is 0.161 e. The predicted octanol–water partition coefficient (Wildman–Crippen LogP) is 3.28. The summed E-state index contributed by atoms with van der Waals surface area (Å²) in [4.78, 5) is 6.62. The summed E-state index contributed by atoms with van der Waals surface area (Å²) in [6.07, 6.45) is 1.95. The highest BCUT2D eigenvalue weighted by molar-refractivity contribution is 6.37. The molecule has 0 aliphatic carbocycles. The molecule has 0 spiro atoms. The van der Waals surface area contributed by atoms with Crippen LogP contribution in [-0.4, -0.2) is 18.1 Å². The highest BCUT2D eigenvalue weighted by Crippen LogP contribution is 2.32. The lowest BCUT2D eigenvalue weighted by atomic mass is 10.0. The van der Waals surface area contributed by atoms with Gasteiger partial charge in [-0.2, -0.15) is 0 Å². The van der Waals surface area contributed by atoms with E-state index in [1.54, 1.807) is 6.07 Å². The molecule has 0 atom stereocenters. The Morgan fingerprint density at radius 3 is 2.24 bits per heavy atom. The monoisotopic (exact) mass is 322 g/mol. The molecule has 1 aromatic heterocycles. The van der Waals surface area contributed by atoms with Crippen molar-refractivity contribution in [3.05, 3.63) is 51.5 Å². The van der Waals surface area contributed by atoms with E-state index in [0.29, 0.717) is 15.9 Å². The zero-order valence-electron chi connectivity index (χ0n) is 11.4. The third-order valence-electron chi connectivity index (χ3n) is 3.77. The largest absolute Gasteiger partial charge is 0.355 e. The summed E-state index contributed by atoms with van der Waals surface area (Å²) in [5, 5.41) is 0.967. The Morgan fingerprint density at radius 2 is 1.67 bits per heavy atom. The summed E-state index contributed by atoms with van der Waals surface area (Å²) in [6.45, 7) is 1.74. The lowest BCUT2D eigenvalue weighted by Crippen LogP contribution is -2.27. The first-order valence-corrected chi connectivity index (χ1v) is 7.59. The minimum atomic E-state index is 0.421. The molecule has 1 aliphatic heterocycles. The van der Waals surface area contributed by atoms with E-state index in [2.05, 4.69) is 39.6 Å². The first-order chi connectivity index (χ1) is 10.2. The second-order valence-electron chi connectivity index (χ2n) is 5.02. The molecular formula is C15H16Cl2N4. The summed E-state index contributed by atoms with van der Waals surface area (Å²) in [5.74, 6) is 6.61. The number of nitrogens with one attached hydrogen (secondary N) is 1.